The van der Waals surface area contributed by atoms with E-state index in [1.807, 2.05) is 13.0 Å². The molecule has 0 spiro atoms. The number of pyridine rings is 1. The van der Waals surface area contributed by atoms with Crippen LogP contribution in [0.1, 0.15) is 25.3 Å². The van der Waals surface area contributed by atoms with Crippen LogP contribution in [0, 0.1) is 12.8 Å². The van der Waals surface area contributed by atoms with E-state index in [0.29, 0.717) is 11.2 Å². The van der Waals surface area contributed by atoms with Gasteiger partial charge in [-0.1, -0.05) is 11.6 Å². The Hall–Kier alpha value is -0.760. The Morgan fingerprint density at radius 3 is 2.93 bits per heavy atom. The molecule has 3 heteroatoms. The van der Waals surface area contributed by atoms with Gasteiger partial charge in [-0.25, -0.2) is 4.98 Å². The SMILES string of the molecule is Cc1cnc(Cl)c(NC(C)C2CC2)c1. The minimum absolute atomic E-state index is 0.510. The van der Waals surface area contributed by atoms with Crippen molar-refractivity contribution in [3.05, 3.63) is 23.0 Å². The fraction of sp³-hybridized carbons (Fsp3) is 0.545. The molecule has 14 heavy (non-hydrogen) atoms. The van der Waals surface area contributed by atoms with Crippen molar-refractivity contribution in [2.45, 2.75) is 32.7 Å². The zero-order chi connectivity index (χ0) is 10.1. The van der Waals surface area contributed by atoms with Crippen LogP contribution < -0.4 is 5.32 Å². The summed E-state index contributed by atoms with van der Waals surface area (Å²) in [5.41, 5.74) is 2.10. The molecular weight excluding hydrogens is 196 g/mol. The highest BCUT2D eigenvalue weighted by atomic mass is 35.5. The minimum Gasteiger partial charge on any atom is -0.380 e. The van der Waals surface area contributed by atoms with Gasteiger partial charge in [0, 0.05) is 12.2 Å². The summed E-state index contributed by atoms with van der Waals surface area (Å²) < 4.78 is 0. The third-order valence-corrected chi connectivity index (χ3v) is 2.99. The Bertz CT molecular complexity index is 334. The largest absolute Gasteiger partial charge is 0.380 e. The summed E-state index contributed by atoms with van der Waals surface area (Å²) in [6.45, 7) is 4.23. The fourth-order valence-corrected chi connectivity index (χ4v) is 1.77. The van der Waals surface area contributed by atoms with Crippen molar-refractivity contribution in [1.29, 1.82) is 0 Å². The van der Waals surface area contributed by atoms with Gasteiger partial charge < -0.3 is 5.32 Å². The molecule has 0 aliphatic heterocycles. The molecular formula is C11H15ClN2. The summed E-state index contributed by atoms with van der Waals surface area (Å²) in [6, 6.07) is 2.56. The van der Waals surface area contributed by atoms with Gasteiger partial charge in [-0.15, -0.1) is 0 Å². The van der Waals surface area contributed by atoms with E-state index in [1.165, 1.54) is 12.8 Å². The van der Waals surface area contributed by atoms with E-state index in [2.05, 4.69) is 17.2 Å². The molecule has 0 radical (unpaired) electrons. The second kappa shape index (κ2) is 3.77. The molecule has 1 fully saturated rings. The first-order chi connectivity index (χ1) is 6.66. The first-order valence-electron chi connectivity index (χ1n) is 5.05. The summed E-state index contributed by atoms with van der Waals surface area (Å²) in [5, 5.41) is 3.99. The van der Waals surface area contributed by atoms with E-state index in [9.17, 15) is 0 Å². The predicted molar refractivity (Wildman–Crippen MR) is 59.8 cm³/mol. The molecule has 1 atom stereocenters. The molecule has 2 rings (SSSR count). The van der Waals surface area contributed by atoms with Crippen LogP contribution in [0.5, 0.6) is 0 Å². The van der Waals surface area contributed by atoms with Gasteiger partial charge in [-0.05, 0) is 44.2 Å². The van der Waals surface area contributed by atoms with Crippen molar-refractivity contribution in [3.8, 4) is 0 Å². The smallest absolute Gasteiger partial charge is 0.152 e. The molecule has 1 aromatic heterocycles. The lowest BCUT2D eigenvalue weighted by Crippen LogP contribution is -2.17. The topological polar surface area (TPSA) is 24.9 Å². The third kappa shape index (κ3) is 2.18. The number of nitrogens with one attached hydrogen (secondary N) is 1. The first kappa shape index (κ1) is 9.78. The average molecular weight is 211 g/mol. The number of rotatable bonds is 3. The van der Waals surface area contributed by atoms with Crippen molar-refractivity contribution in [3.63, 3.8) is 0 Å². The second-order valence-corrected chi connectivity index (χ2v) is 4.48. The molecule has 0 aromatic carbocycles. The zero-order valence-electron chi connectivity index (χ0n) is 8.55. The molecule has 1 heterocycles. The summed E-state index contributed by atoms with van der Waals surface area (Å²) in [4.78, 5) is 4.11. The lowest BCUT2D eigenvalue weighted by molar-refractivity contribution is 0.693. The standard InChI is InChI=1S/C11H15ClN2/c1-7-5-10(11(12)13-6-7)14-8(2)9-3-4-9/h5-6,8-9,14H,3-4H2,1-2H3. The van der Waals surface area contributed by atoms with Gasteiger partial charge in [0.25, 0.3) is 0 Å². The van der Waals surface area contributed by atoms with Crippen molar-refractivity contribution < 1.29 is 0 Å². The van der Waals surface area contributed by atoms with Crippen LogP contribution in [0.4, 0.5) is 5.69 Å². The molecule has 2 nitrogen and oxygen atoms in total. The van der Waals surface area contributed by atoms with E-state index in [0.717, 1.165) is 17.2 Å². The molecule has 1 unspecified atom stereocenters. The van der Waals surface area contributed by atoms with Crippen LogP contribution in [0.15, 0.2) is 12.3 Å². The van der Waals surface area contributed by atoms with Crippen LogP contribution >= 0.6 is 11.6 Å². The summed E-state index contributed by atoms with van der Waals surface area (Å²) >= 11 is 5.99. The number of hydrogen-bond donors (Lipinski definition) is 1. The van der Waals surface area contributed by atoms with Crippen LogP contribution in [-0.2, 0) is 0 Å². The number of aromatic nitrogens is 1. The van der Waals surface area contributed by atoms with Gasteiger partial charge in [-0.2, -0.15) is 0 Å². The molecule has 0 bridgehead atoms. The van der Waals surface area contributed by atoms with Crippen LogP contribution in [0.3, 0.4) is 0 Å². The van der Waals surface area contributed by atoms with Gasteiger partial charge in [-0.3, -0.25) is 0 Å². The lowest BCUT2D eigenvalue weighted by Gasteiger charge is -2.15. The maximum atomic E-state index is 5.99. The lowest BCUT2D eigenvalue weighted by atomic mass is 10.2. The average Bonchev–Trinajstić information content (AvgIpc) is 2.94. The van der Waals surface area contributed by atoms with Crippen molar-refractivity contribution in [2.75, 3.05) is 5.32 Å². The Kier molecular flexibility index (Phi) is 2.64. The van der Waals surface area contributed by atoms with Gasteiger partial charge >= 0.3 is 0 Å². The van der Waals surface area contributed by atoms with Crippen LogP contribution in [-0.4, -0.2) is 11.0 Å². The third-order valence-electron chi connectivity index (χ3n) is 2.69. The molecule has 1 aliphatic carbocycles. The van der Waals surface area contributed by atoms with Gasteiger partial charge in [0.2, 0.25) is 0 Å². The van der Waals surface area contributed by atoms with Gasteiger partial charge in [0.15, 0.2) is 5.15 Å². The van der Waals surface area contributed by atoms with E-state index < -0.39 is 0 Å². The van der Waals surface area contributed by atoms with Crippen LogP contribution in [0.25, 0.3) is 0 Å². The van der Waals surface area contributed by atoms with E-state index in [4.69, 9.17) is 11.6 Å². The van der Waals surface area contributed by atoms with E-state index in [1.54, 1.807) is 6.20 Å². The Balaban J connectivity index is 2.10. The maximum Gasteiger partial charge on any atom is 0.152 e. The molecule has 0 amide bonds. The number of aryl methyl sites for hydroxylation is 1. The maximum absolute atomic E-state index is 5.99. The van der Waals surface area contributed by atoms with Crippen molar-refractivity contribution in [2.24, 2.45) is 5.92 Å². The number of anilines is 1. The molecule has 1 aromatic rings. The number of nitrogens with zero attached hydrogens (tertiary/aromatic N) is 1. The summed E-state index contributed by atoms with van der Waals surface area (Å²) in [5.74, 6) is 0.826. The fourth-order valence-electron chi connectivity index (χ4n) is 1.61. The zero-order valence-corrected chi connectivity index (χ0v) is 9.30. The first-order valence-corrected chi connectivity index (χ1v) is 5.43. The van der Waals surface area contributed by atoms with Crippen molar-refractivity contribution in [1.82, 2.24) is 4.98 Å². The second-order valence-electron chi connectivity index (χ2n) is 4.12. The van der Waals surface area contributed by atoms with Crippen LogP contribution in [0.2, 0.25) is 5.15 Å². The summed E-state index contributed by atoms with van der Waals surface area (Å²) in [7, 11) is 0. The van der Waals surface area contributed by atoms with Gasteiger partial charge in [0.05, 0.1) is 5.69 Å². The van der Waals surface area contributed by atoms with Crippen molar-refractivity contribution >= 4 is 17.3 Å². The Morgan fingerprint density at radius 1 is 1.57 bits per heavy atom. The quantitative estimate of drug-likeness (QED) is 0.775. The molecule has 76 valence electrons. The van der Waals surface area contributed by atoms with E-state index >= 15 is 0 Å². The highest BCUT2D eigenvalue weighted by molar-refractivity contribution is 6.31. The molecule has 1 N–H and O–H groups in total. The summed E-state index contributed by atoms with van der Waals surface area (Å²) in [6.07, 6.45) is 4.46. The van der Waals surface area contributed by atoms with Gasteiger partial charge in [0.1, 0.15) is 0 Å². The Morgan fingerprint density at radius 2 is 2.29 bits per heavy atom. The predicted octanol–water partition coefficient (Wildman–Crippen LogP) is 3.25. The minimum atomic E-state index is 0.510. The molecule has 1 saturated carbocycles. The highest BCUT2D eigenvalue weighted by Gasteiger charge is 2.28. The number of hydrogen-bond acceptors (Lipinski definition) is 2. The molecule has 1 aliphatic rings. The van der Waals surface area contributed by atoms with E-state index in [-0.39, 0.29) is 0 Å². The highest BCUT2D eigenvalue weighted by Crippen LogP contribution is 2.34. The number of halogens is 1. The normalized spacial score (nSPS) is 17.9. The monoisotopic (exact) mass is 210 g/mol. The molecule has 0 saturated heterocycles. The Labute approximate surface area is 89.7 Å².